The van der Waals surface area contributed by atoms with Gasteiger partial charge in [0.1, 0.15) is 0 Å². The predicted octanol–water partition coefficient (Wildman–Crippen LogP) is 2.02. The Morgan fingerprint density at radius 1 is 1.33 bits per heavy atom. The van der Waals surface area contributed by atoms with Gasteiger partial charge in [0.2, 0.25) is 5.91 Å². The van der Waals surface area contributed by atoms with Crippen LogP contribution >= 0.6 is 0 Å². The van der Waals surface area contributed by atoms with Crippen molar-refractivity contribution in [3.8, 4) is 0 Å². The fraction of sp³-hybridized carbons (Fsp3) is 0.143. The van der Waals surface area contributed by atoms with Crippen molar-refractivity contribution in [3.63, 3.8) is 0 Å². The molecule has 0 spiro atoms. The van der Waals surface area contributed by atoms with Crippen LogP contribution in [-0.4, -0.2) is 17.1 Å². The number of hydrazone groups is 1. The van der Waals surface area contributed by atoms with Gasteiger partial charge in [-0.05, 0) is 24.6 Å². The maximum Gasteiger partial charge on any atom is 0.244 e. The van der Waals surface area contributed by atoms with Crippen LogP contribution in [0.15, 0.2) is 47.7 Å². The van der Waals surface area contributed by atoms with E-state index in [9.17, 15) is 4.79 Å². The summed E-state index contributed by atoms with van der Waals surface area (Å²) in [6.45, 7) is 2.02. The summed E-state index contributed by atoms with van der Waals surface area (Å²) < 4.78 is 0. The minimum atomic E-state index is -0.123. The van der Waals surface area contributed by atoms with Gasteiger partial charge in [-0.3, -0.25) is 4.79 Å². The van der Waals surface area contributed by atoms with Gasteiger partial charge in [-0.1, -0.05) is 29.8 Å². The summed E-state index contributed by atoms with van der Waals surface area (Å²) in [6.07, 6.45) is 3.71. The number of nitrogens with one attached hydrogen (secondary N) is 2. The van der Waals surface area contributed by atoms with Gasteiger partial charge < -0.3 is 4.98 Å². The topological polar surface area (TPSA) is 57.2 Å². The maximum absolute atomic E-state index is 11.6. The smallest absolute Gasteiger partial charge is 0.244 e. The zero-order valence-electron chi connectivity index (χ0n) is 10.2. The van der Waals surface area contributed by atoms with Gasteiger partial charge in [0, 0.05) is 6.20 Å². The van der Waals surface area contributed by atoms with Gasteiger partial charge in [0.15, 0.2) is 0 Å². The molecule has 1 aromatic carbocycles. The lowest BCUT2D eigenvalue weighted by Crippen LogP contribution is -2.19. The Bertz CT molecular complexity index is 527. The fourth-order valence-electron chi connectivity index (χ4n) is 1.53. The van der Waals surface area contributed by atoms with E-state index in [1.807, 2.05) is 43.3 Å². The molecule has 0 fully saturated rings. The lowest BCUT2D eigenvalue weighted by atomic mass is 10.1. The quantitative estimate of drug-likeness (QED) is 0.624. The molecule has 0 saturated heterocycles. The summed E-state index contributed by atoms with van der Waals surface area (Å²) >= 11 is 0. The molecule has 0 aliphatic heterocycles. The van der Waals surface area contributed by atoms with E-state index in [-0.39, 0.29) is 5.91 Å². The van der Waals surface area contributed by atoms with Crippen molar-refractivity contribution in [3.05, 3.63) is 59.4 Å². The molecule has 92 valence electrons. The van der Waals surface area contributed by atoms with Gasteiger partial charge >= 0.3 is 0 Å². The first-order valence-corrected chi connectivity index (χ1v) is 5.75. The predicted molar refractivity (Wildman–Crippen MR) is 71.4 cm³/mol. The number of benzene rings is 1. The van der Waals surface area contributed by atoms with Gasteiger partial charge in [0.25, 0.3) is 0 Å². The third-order valence-electron chi connectivity index (χ3n) is 2.50. The normalized spacial score (nSPS) is 10.7. The largest absolute Gasteiger partial charge is 0.360 e. The van der Waals surface area contributed by atoms with E-state index in [1.165, 1.54) is 5.56 Å². The van der Waals surface area contributed by atoms with Crippen molar-refractivity contribution in [2.24, 2.45) is 5.10 Å². The molecule has 2 N–H and O–H groups in total. The van der Waals surface area contributed by atoms with E-state index in [0.29, 0.717) is 6.42 Å². The van der Waals surface area contributed by atoms with Crippen LogP contribution < -0.4 is 5.43 Å². The highest BCUT2D eigenvalue weighted by Gasteiger charge is 2.01. The molecule has 0 atom stereocenters. The average Bonchev–Trinajstić information content (AvgIpc) is 2.85. The van der Waals surface area contributed by atoms with Gasteiger partial charge in [-0.2, -0.15) is 5.10 Å². The van der Waals surface area contributed by atoms with E-state index in [2.05, 4.69) is 15.5 Å². The van der Waals surface area contributed by atoms with Crippen LogP contribution in [0.3, 0.4) is 0 Å². The van der Waals surface area contributed by atoms with E-state index in [4.69, 9.17) is 0 Å². The molecule has 4 heteroatoms. The third kappa shape index (κ3) is 3.59. The summed E-state index contributed by atoms with van der Waals surface area (Å²) in [5.74, 6) is -0.123. The number of rotatable bonds is 4. The van der Waals surface area contributed by atoms with Crippen molar-refractivity contribution in [1.29, 1.82) is 0 Å². The van der Waals surface area contributed by atoms with Crippen LogP contribution in [0.25, 0.3) is 0 Å². The Morgan fingerprint density at radius 2 is 2.11 bits per heavy atom. The highest BCUT2D eigenvalue weighted by Crippen LogP contribution is 2.03. The molecule has 0 radical (unpaired) electrons. The third-order valence-corrected chi connectivity index (χ3v) is 2.50. The van der Waals surface area contributed by atoms with Crippen molar-refractivity contribution < 1.29 is 4.79 Å². The zero-order valence-corrected chi connectivity index (χ0v) is 10.2. The molecule has 0 unspecified atom stereocenters. The number of aromatic nitrogens is 1. The Hall–Kier alpha value is -2.36. The number of carbonyl (C=O) groups is 1. The number of hydrogen-bond donors (Lipinski definition) is 2. The van der Waals surface area contributed by atoms with Crippen molar-refractivity contribution in [2.45, 2.75) is 13.3 Å². The van der Waals surface area contributed by atoms with E-state index < -0.39 is 0 Å². The molecule has 1 amide bonds. The van der Waals surface area contributed by atoms with Crippen LogP contribution in [0, 0.1) is 6.92 Å². The number of hydrogen-bond acceptors (Lipinski definition) is 2. The van der Waals surface area contributed by atoms with Crippen LogP contribution in [0.4, 0.5) is 0 Å². The number of nitrogens with zero attached hydrogens (tertiary/aromatic N) is 1. The first-order chi connectivity index (χ1) is 8.74. The molecule has 1 heterocycles. The molecule has 0 saturated carbocycles. The van der Waals surface area contributed by atoms with Gasteiger partial charge in [0.05, 0.1) is 18.3 Å². The van der Waals surface area contributed by atoms with Gasteiger partial charge in [-0.25, -0.2) is 5.43 Å². The molecule has 0 bridgehead atoms. The summed E-state index contributed by atoms with van der Waals surface area (Å²) in [7, 11) is 0. The second-order valence-corrected chi connectivity index (χ2v) is 4.08. The molecular weight excluding hydrogens is 226 g/mol. The monoisotopic (exact) mass is 241 g/mol. The molecular formula is C14H15N3O. The number of H-pyrrole nitrogens is 1. The number of aryl methyl sites for hydroxylation is 1. The second-order valence-electron chi connectivity index (χ2n) is 4.08. The summed E-state index contributed by atoms with van der Waals surface area (Å²) in [6, 6.07) is 11.6. The summed E-state index contributed by atoms with van der Waals surface area (Å²) in [4.78, 5) is 14.6. The lowest BCUT2D eigenvalue weighted by Gasteiger charge is -2.00. The summed E-state index contributed by atoms with van der Waals surface area (Å²) in [5, 5.41) is 3.87. The van der Waals surface area contributed by atoms with Crippen LogP contribution in [0.2, 0.25) is 0 Å². The molecule has 2 rings (SSSR count). The van der Waals surface area contributed by atoms with E-state index in [0.717, 1.165) is 11.3 Å². The molecule has 4 nitrogen and oxygen atoms in total. The Kier molecular flexibility index (Phi) is 3.91. The highest BCUT2D eigenvalue weighted by atomic mass is 16.2. The van der Waals surface area contributed by atoms with E-state index >= 15 is 0 Å². The standard InChI is InChI=1S/C14H15N3O/c1-11-4-6-12(7-5-11)9-14(18)17-16-10-13-3-2-8-15-13/h2-8,10,15H,9H2,1H3,(H,17,18)/b16-10-. The average molecular weight is 241 g/mol. The van der Waals surface area contributed by atoms with Gasteiger partial charge in [-0.15, -0.1) is 0 Å². The first-order valence-electron chi connectivity index (χ1n) is 5.75. The fourth-order valence-corrected chi connectivity index (χ4v) is 1.53. The van der Waals surface area contributed by atoms with Crippen LogP contribution in [0.5, 0.6) is 0 Å². The maximum atomic E-state index is 11.6. The minimum Gasteiger partial charge on any atom is -0.360 e. The number of aromatic amines is 1. The first kappa shape index (κ1) is 12.1. The highest BCUT2D eigenvalue weighted by molar-refractivity contribution is 5.82. The second kappa shape index (κ2) is 5.82. The number of carbonyl (C=O) groups excluding carboxylic acids is 1. The Morgan fingerprint density at radius 3 is 2.78 bits per heavy atom. The SMILES string of the molecule is Cc1ccc(CC(=O)N/N=C\c2ccc[nH]2)cc1. The zero-order chi connectivity index (χ0) is 12.8. The molecule has 0 aliphatic carbocycles. The van der Waals surface area contributed by atoms with Crippen molar-refractivity contribution in [1.82, 2.24) is 10.4 Å². The van der Waals surface area contributed by atoms with Crippen molar-refractivity contribution in [2.75, 3.05) is 0 Å². The molecule has 2 aromatic rings. The Labute approximate surface area is 106 Å². The summed E-state index contributed by atoms with van der Waals surface area (Å²) in [5.41, 5.74) is 5.51. The minimum absolute atomic E-state index is 0.123. The number of amides is 1. The lowest BCUT2D eigenvalue weighted by molar-refractivity contribution is -0.120. The molecule has 1 aromatic heterocycles. The van der Waals surface area contributed by atoms with Crippen LogP contribution in [0.1, 0.15) is 16.8 Å². The van der Waals surface area contributed by atoms with E-state index in [1.54, 1.807) is 12.4 Å². The van der Waals surface area contributed by atoms with Crippen molar-refractivity contribution >= 4 is 12.1 Å². The molecule has 0 aliphatic rings. The van der Waals surface area contributed by atoms with Crippen LogP contribution in [-0.2, 0) is 11.2 Å². The Balaban J connectivity index is 1.84. The molecule has 18 heavy (non-hydrogen) atoms.